The average molecular weight is 227 g/mol. The lowest BCUT2D eigenvalue weighted by molar-refractivity contribution is 0.153. The Morgan fingerprint density at radius 1 is 1.25 bits per heavy atom. The molecule has 0 aliphatic carbocycles. The molecule has 3 heteroatoms. The van der Waals surface area contributed by atoms with E-state index in [4.69, 9.17) is 4.74 Å². The van der Waals surface area contributed by atoms with E-state index in [0.29, 0.717) is 6.61 Å². The van der Waals surface area contributed by atoms with Gasteiger partial charge < -0.3 is 9.84 Å². The molecule has 0 saturated heterocycles. The van der Waals surface area contributed by atoms with Gasteiger partial charge in [0.2, 0.25) is 0 Å². The summed E-state index contributed by atoms with van der Waals surface area (Å²) in [4.78, 5) is 4.52. The van der Waals surface area contributed by atoms with E-state index in [2.05, 4.69) is 11.9 Å². The fraction of sp³-hybridized carbons (Fsp3) is 0.923. The molecule has 1 aliphatic heterocycles. The number of hydrogen-bond donors (Lipinski definition) is 1. The van der Waals surface area contributed by atoms with Gasteiger partial charge in [0.1, 0.15) is 12.1 Å². The minimum absolute atomic E-state index is 0.100. The number of rotatable bonds is 8. The third-order valence-electron chi connectivity index (χ3n) is 3.32. The second-order valence-corrected chi connectivity index (χ2v) is 4.69. The maximum atomic E-state index is 9.29. The lowest BCUT2D eigenvalue weighted by Gasteiger charge is -2.17. The van der Waals surface area contributed by atoms with Crippen molar-refractivity contribution >= 4 is 5.90 Å². The van der Waals surface area contributed by atoms with Crippen LogP contribution in [0.25, 0.3) is 0 Å². The van der Waals surface area contributed by atoms with E-state index < -0.39 is 0 Å². The molecule has 0 radical (unpaired) electrons. The first-order valence-electron chi connectivity index (χ1n) is 6.58. The third kappa shape index (κ3) is 3.78. The molecular formula is C13H25NO2. The molecule has 0 aromatic heterocycles. The van der Waals surface area contributed by atoms with Crippen LogP contribution in [-0.2, 0) is 4.74 Å². The number of nitrogens with zero attached hydrogens (tertiary/aromatic N) is 1. The molecule has 1 unspecified atom stereocenters. The van der Waals surface area contributed by atoms with Crippen LogP contribution in [0.1, 0.15) is 58.8 Å². The molecule has 94 valence electrons. The number of hydrogen-bond acceptors (Lipinski definition) is 3. The Kier molecular flexibility index (Phi) is 5.81. The predicted octanol–water partition coefficient (Wildman–Crippen LogP) is 2.92. The SMILES string of the molecule is CCCCCCCC1=NC(CC)(CO)CO1. The van der Waals surface area contributed by atoms with E-state index in [-0.39, 0.29) is 12.1 Å². The van der Waals surface area contributed by atoms with Gasteiger partial charge in [-0.1, -0.05) is 39.5 Å². The lowest BCUT2D eigenvalue weighted by atomic mass is 10.0. The van der Waals surface area contributed by atoms with Gasteiger partial charge in [0.25, 0.3) is 0 Å². The highest BCUT2D eigenvalue weighted by molar-refractivity contribution is 5.78. The molecule has 0 fully saturated rings. The zero-order valence-electron chi connectivity index (χ0n) is 10.7. The van der Waals surface area contributed by atoms with E-state index in [1.165, 1.54) is 25.7 Å². The van der Waals surface area contributed by atoms with Crippen LogP contribution in [-0.4, -0.2) is 29.8 Å². The van der Waals surface area contributed by atoms with Gasteiger partial charge in [-0.15, -0.1) is 0 Å². The van der Waals surface area contributed by atoms with Crippen LogP contribution in [0.2, 0.25) is 0 Å². The summed E-state index contributed by atoms with van der Waals surface area (Å²) in [7, 11) is 0. The van der Waals surface area contributed by atoms with Gasteiger partial charge in [0.05, 0.1) is 6.61 Å². The van der Waals surface area contributed by atoms with Crippen molar-refractivity contribution in [2.45, 2.75) is 64.3 Å². The molecule has 0 bridgehead atoms. The molecule has 1 atom stereocenters. The Morgan fingerprint density at radius 3 is 2.56 bits per heavy atom. The van der Waals surface area contributed by atoms with E-state index in [0.717, 1.165) is 25.2 Å². The molecule has 1 N–H and O–H groups in total. The fourth-order valence-electron chi connectivity index (χ4n) is 1.93. The lowest BCUT2D eigenvalue weighted by Crippen LogP contribution is -2.31. The van der Waals surface area contributed by atoms with Gasteiger partial charge in [-0.05, 0) is 12.8 Å². The van der Waals surface area contributed by atoms with Gasteiger partial charge in [0, 0.05) is 6.42 Å². The van der Waals surface area contributed by atoms with Crippen LogP contribution in [0.15, 0.2) is 4.99 Å². The smallest absolute Gasteiger partial charge is 0.184 e. The Balaban J connectivity index is 2.23. The van der Waals surface area contributed by atoms with Gasteiger partial charge in [-0.25, -0.2) is 4.99 Å². The first kappa shape index (κ1) is 13.5. The minimum Gasteiger partial charge on any atom is -0.478 e. The molecule has 0 spiro atoms. The van der Waals surface area contributed by atoms with E-state index >= 15 is 0 Å². The van der Waals surface area contributed by atoms with Crippen molar-refractivity contribution in [2.75, 3.05) is 13.2 Å². The summed E-state index contributed by atoms with van der Waals surface area (Å²) in [6.07, 6.45) is 8.11. The molecule has 0 amide bonds. The van der Waals surface area contributed by atoms with Crippen molar-refractivity contribution in [1.82, 2.24) is 0 Å². The quantitative estimate of drug-likeness (QED) is 0.648. The topological polar surface area (TPSA) is 41.8 Å². The zero-order valence-corrected chi connectivity index (χ0v) is 10.7. The molecule has 0 aromatic carbocycles. The summed E-state index contributed by atoms with van der Waals surface area (Å²) >= 11 is 0. The largest absolute Gasteiger partial charge is 0.478 e. The Labute approximate surface area is 98.9 Å². The van der Waals surface area contributed by atoms with E-state index in [1.807, 2.05) is 6.92 Å². The van der Waals surface area contributed by atoms with Crippen molar-refractivity contribution in [3.63, 3.8) is 0 Å². The van der Waals surface area contributed by atoms with Crippen molar-refractivity contribution < 1.29 is 9.84 Å². The Bertz CT molecular complexity index is 222. The summed E-state index contributed by atoms with van der Waals surface area (Å²) in [6.45, 7) is 4.93. The monoisotopic (exact) mass is 227 g/mol. The number of aliphatic hydroxyl groups is 1. The maximum Gasteiger partial charge on any atom is 0.184 e. The predicted molar refractivity (Wildman–Crippen MR) is 66.9 cm³/mol. The first-order chi connectivity index (χ1) is 7.76. The summed E-state index contributed by atoms with van der Waals surface area (Å²) < 4.78 is 5.55. The van der Waals surface area contributed by atoms with Gasteiger partial charge in [-0.3, -0.25) is 0 Å². The normalized spacial score (nSPS) is 24.3. The molecule has 1 heterocycles. The van der Waals surface area contributed by atoms with Crippen LogP contribution in [0, 0.1) is 0 Å². The van der Waals surface area contributed by atoms with Crippen LogP contribution in [0.3, 0.4) is 0 Å². The summed E-state index contributed by atoms with van der Waals surface area (Å²) in [5.41, 5.74) is -0.335. The maximum absolute atomic E-state index is 9.29. The number of unbranched alkanes of at least 4 members (excludes halogenated alkanes) is 4. The standard InChI is InChI=1S/C13H25NO2/c1-3-5-6-7-8-9-12-14-13(4-2,10-15)11-16-12/h15H,3-11H2,1-2H3. The summed E-state index contributed by atoms with van der Waals surface area (Å²) in [5, 5.41) is 9.29. The third-order valence-corrected chi connectivity index (χ3v) is 3.32. The van der Waals surface area contributed by atoms with Crippen molar-refractivity contribution in [3.05, 3.63) is 0 Å². The van der Waals surface area contributed by atoms with Crippen LogP contribution < -0.4 is 0 Å². The van der Waals surface area contributed by atoms with Crippen molar-refractivity contribution in [1.29, 1.82) is 0 Å². The fourth-order valence-corrected chi connectivity index (χ4v) is 1.93. The molecule has 0 saturated carbocycles. The summed E-state index contributed by atoms with van der Waals surface area (Å²) in [5.74, 6) is 0.854. The van der Waals surface area contributed by atoms with Gasteiger partial charge in [0.15, 0.2) is 5.90 Å². The molecule has 3 nitrogen and oxygen atoms in total. The highest BCUT2D eigenvalue weighted by Crippen LogP contribution is 2.23. The van der Waals surface area contributed by atoms with Crippen molar-refractivity contribution in [2.24, 2.45) is 4.99 Å². The zero-order chi connectivity index (χ0) is 11.9. The van der Waals surface area contributed by atoms with Gasteiger partial charge >= 0.3 is 0 Å². The minimum atomic E-state index is -0.335. The molecule has 16 heavy (non-hydrogen) atoms. The molecular weight excluding hydrogens is 202 g/mol. The highest BCUT2D eigenvalue weighted by atomic mass is 16.5. The van der Waals surface area contributed by atoms with Crippen LogP contribution in [0.5, 0.6) is 0 Å². The Morgan fingerprint density at radius 2 is 2.00 bits per heavy atom. The number of aliphatic imine (C=N–C) groups is 1. The first-order valence-corrected chi connectivity index (χ1v) is 6.58. The van der Waals surface area contributed by atoms with Crippen molar-refractivity contribution in [3.8, 4) is 0 Å². The second-order valence-electron chi connectivity index (χ2n) is 4.69. The number of aliphatic hydroxyl groups excluding tert-OH is 1. The number of ether oxygens (including phenoxy) is 1. The van der Waals surface area contributed by atoms with E-state index in [1.54, 1.807) is 0 Å². The van der Waals surface area contributed by atoms with Crippen LogP contribution in [0.4, 0.5) is 0 Å². The molecule has 1 rings (SSSR count). The Hall–Kier alpha value is -0.570. The van der Waals surface area contributed by atoms with Gasteiger partial charge in [-0.2, -0.15) is 0 Å². The summed E-state index contributed by atoms with van der Waals surface area (Å²) in [6, 6.07) is 0. The second kappa shape index (κ2) is 6.89. The average Bonchev–Trinajstić information content (AvgIpc) is 2.73. The molecule has 0 aromatic rings. The molecule has 1 aliphatic rings. The van der Waals surface area contributed by atoms with E-state index in [9.17, 15) is 5.11 Å². The highest BCUT2D eigenvalue weighted by Gasteiger charge is 2.33. The van der Waals surface area contributed by atoms with Crippen LogP contribution >= 0.6 is 0 Å².